The highest BCUT2D eigenvalue weighted by Crippen LogP contribution is 2.22. The molecule has 0 aliphatic heterocycles. The minimum absolute atomic E-state index is 0. The standard InChI is InChI=1S/C15H10Cl2N2O3.ClH/c16-10-2-1-9(7-11(10)17)8-19-6-5-18-4-3-12(20)14(21)13(18)15(19)22;/h1-7,21H,8H2;1H. The van der Waals surface area contributed by atoms with Crippen LogP contribution >= 0.6 is 35.6 Å². The molecule has 0 bridgehead atoms. The quantitative estimate of drug-likeness (QED) is 0.751. The van der Waals surface area contributed by atoms with Gasteiger partial charge in [-0.25, -0.2) is 0 Å². The number of pyridine rings is 1. The highest BCUT2D eigenvalue weighted by molar-refractivity contribution is 6.42. The number of halogens is 3. The largest absolute Gasteiger partial charge is 0.503 e. The van der Waals surface area contributed by atoms with E-state index in [4.69, 9.17) is 23.2 Å². The van der Waals surface area contributed by atoms with Crippen molar-refractivity contribution >= 4 is 41.1 Å². The third kappa shape index (κ3) is 3.22. The maximum atomic E-state index is 12.4. The zero-order valence-electron chi connectivity index (χ0n) is 11.6. The number of hydrogen-bond donors (Lipinski definition) is 1. The molecule has 1 aromatic carbocycles. The lowest BCUT2D eigenvalue weighted by Crippen LogP contribution is -2.24. The van der Waals surface area contributed by atoms with Crippen LogP contribution in [-0.4, -0.2) is 14.1 Å². The Morgan fingerprint density at radius 1 is 1.00 bits per heavy atom. The van der Waals surface area contributed by atoms with Crippen LogP contribution in [0.2, 0.25) is 10.0 Å². The Hall–Kier alpha value is -1.95. The van der Waals surface area contributed by atoms with Gasteiger partial charge in [0.25, 0.3) is 5.56 Å². The minimum atomic E-state index is -0.593. The average molecular weight is 374 g/mol. The Kier molecular flexibility index (Phi) is 5.04. The Balaban J connectivity index is 0.00000192. The molecule has 0 saturated carbocycles. The average Bonchev–Trinajstić information content (AvgIpc) is 2.49. The molecule has 0 fully saturated rings. The van der Waals surface area contributed by atoms with Crippen LogP contribution < -0.4 is 11.0 Å². The van der Waals surface area contributed by atoms with Gasteiger partial charge in [0.15, 0.2) is 11.3 Å². The minimum Gasteiger partial charge on any atom is -0.503 e. The van der Waals surface area contributed by atoms with E-state index in [2.05, 4.69) is 0 Å². The Bertz CT molecular complexity index is 995. The van der Waals surface area contributed by atoms with Crippen molar-refractivity contribution in [2.75, 3.05) is 0 Å². The molecule has 120 valence electrons. The third-order valence-corrected chi connectivity index (χ3v) is 4.05. The SMILES string of the molecule is Cl.O=c1ccn2ccn(Cc3ccc(Cl)c(Cl)c3)c(=O)c2c1O. The van der Waals surface area contributed by atoms with E-state index in [1.807, 2.05) is 0 Å². The van der Waals surface area contributed by atoms with E-state index < -0.39 is 16.7 Å². The number of hydrogen-bond acceptors (Lipinski definition) is 3. The number of nitrogens with zero attached hydrogens (tertiary/aromatic N) is 2. The normalized spacial score (nSPS) is 10.5. The number of fused-ring (bicyclic) bond motifs is 1. The second kappa shape index (κ2) is 6.66. The predicted octanol–water partition coefficient (Wildman–Crippen LogP) is 2.94. The molecule has 0 spiro atoms. The van der Waals surface area contributed by atoms with Crippen molar-refractivity contribution in [1.82, 2.24) is 8.97 Å². The number of aromatic hydroxyl groups is 1. The van der Waals surface area contributed by atoms with Crippen LogP contribution in [0.15, 0.2) is 52.4 Å². The first-order valence-electron chi connectivity index (χ1n) is 6.34. The summed E-state index contributed by atoms with van der Waals surface area (Å²) in [5.41, 5.74) is -0.346. The second-order valence-corrected chi connectivity index (χ2v) is 5.58. The van der Waals surface area contributed by atoms with E-state index in [0.29, 0.717) is 10.0 Å². The van der Waals surface area contributed by atoms with Gasteiger partial charge in [-0.15, -0.1) is 12.4 Å². The van der Waals surface area contributed by atoms with E-state index in [1.165, 1.54) is 21.2 Å². The lowest BCUT2D eigenvalue weighted by atomic mass is 10.2. The lowest BCUT2D eigenvalue weighted by Gasteiger charge is -2.09. The van der Waals surface area contributed by atoms with Crippen molar-refractivity contribution in [1.29, 1.82) is 0 Å². The van der Waals surface area contributed by atoms with Crippen LogP contribution in [0, 0.1) is 0 Å². The van der Waals surface area contributed by atoms with Gasteiger partial charge in [0.1, 0.15) is 0 Å². The molecule has 2 heterocycles. The summed E-state index contributed by atoms with van der Waals surface area (Å²) in [6.07, 6.45) is 4.59. The molecule has 0 atom stereocenters. The fraction of sp³-hybridized carbons (Fsp3) is 0.0667. The lowest BCUT2D eigenvalue weighted by molar-refractivity contribution is 0.472. The van der Waals surface area contributed by atoms with Crippen LogP contribution in [0.3, 0.4) is 0 Å². The molecule has 0 aliphatic carbocycles. The van der Waals surface area contributed by atoms with Gasteiger partial charge in [0.05, 0.1) is 16.6 Å². The van der Waals surface area contributed by atoms with Crippen LogP contribution in [0.4, 0.5) is 0 Å². The number of rotatable bonds is 2. The fourth-order valence-corrected chi connectivity index (χ4v) is 2.51. The predicted molar refractivity (Wildman–Crippen MR) is 92.4 cm³/mol. The zero-order valence-corrected chi connectivity index (χ0v) is 13.9. The van der Waals surface area contributed by atoms with E-state index in [-0.39, 0.29) is 24.5 Å². The maximum absolute atomic E-state index is 12.4. The third-order valence-electron chi connectivity index (χ3n) is 3.31. The topological polar surface area (TPSA) is 63.7 Å². The van der Waals surface area contributed by atoms with Gasteiger partial charge in [-0.2, -0.15) is 0 Å². The van der Waals surface area contributed by atoms with Crippen molar-refractivity contribution in [3.63, 3.8) is 0 Å². The molecular weight excluding hydrogens is 363 g/mol. The van der Waals surface area contributed by atoms with Crippen LogP contribution in [0.25, 0.3) is 5.52 Å². The summed E-state index contributed by atoms with van der Waals surface area (Å²) in [4.78, 5) is 23.9. The zero-order chi connectivity index (χ0) is 15.9. The molecule has 23 heavy (non-hydrogen) atoms. The Morgan fingerprint density at radius 3 is 2.43 bits per heavy atom. The highest BCUT2D eigenvalue weighted by Gasteiger charge is 2.10. The molecule has 0 aliphatic rings. The van der Waals surface area contributed by atoms with Crippen molar-refractivity contribution in [3.8, 4) is 5.75 Å². The Morgan fingerprint density at radius 2 is 1.74 bits per heavy atom. The van der Waals surface area contributed by atoms with Gasteiger partial charge in [-0.05, 0) is 17.7 Å². The summed E-state index contributed by atoms with van der Waals surface area (Å²) in [5, 5.41) is 10.7. The van der Waals surface area contributed by atoms with Gasteiger partial charge >= 0.3 is 0 Å². The molecule has 3 rings (SSSR count). The molecule has 5 nitrogen and oxygen atoms in total. The van der Waals surface area contributed by atoms with Crippen molar-refractivity contribution < 1.29 is 5.11 Å². The van der Waals surface area contributed by atoms with Gasteiger partial charge in [-0.3, -0.25) is 9.59 Å². The molecule has 0 saturated heterocycles. The molecule has 0 radical (unpaired) electrons. The van der Waals surface area contributed by atoms with Crippen LogP contribution in [0.5, 0.6) is 5.75 Å². The Labute approximate surface area is 146 Å². The fourth-order valence-electron chi connectivity index (χ4n) is 2.19. The summed E-state index contributed by atoms with van der Waals surface area (Å²) in [6, 6.07) is 6.26. The van der Waals surface area contributed by atoms with Gasteiger partial charge in [-0.1, -0.05) is 29.3 Å². The summed E-state index contributed by atoms with van der Waals surface area (Å²) in [7, 11) is 0. The summed E-state index contributed by atoms with van der Waals surface area (Å²) < 4.78 is 2.79. The first-order valence-corrected chi connectivity index (χ1v) is 7.10. The van der Waals surface area contributed by atoms with Gasteiger partial charge in [0, 0.05) is 24.7 Å². The first kappa shape index (κ1) is 17.4. The molecule has 3 aromatic rings. The number of benzene rings is 1. The van der Waals surface area contributed by atoms with E-state index in [1.54, 1.807) is 30.6 Å². The smallest absolute Gasteiger partial charge is 0.279 e. The second-order valence-electron chi connectivity index (χ2n) is 4.76. The molecular formula is C15H11Cl3N2O3. The molecule has 2 aromatic heterocycles. The van der Waals surface area contributed by atoms with Gasteiger partial charge < -0.3 is 14.1 Å². The van der Waals surface area contributed by atoms with Gasteiger partial charge in [0.2, 0.25) is 5.43 Å². The van der Waals surface area contributed by atoms with E-state index in [0.717, 1.165) is 5.56 Å². The monoisotopic (exact) mass is 372 g/mol. The van der Waals surface area contributed by atoms with Crippen molar-refractivity contribution in [2.45, 2.75) is 6.54 Å². The van der Waals surface area contributed by atoms with Crippen LogP contribution in [0.1, 0.15) is 5.56 Å². The maximum Gasteiger partial charge on any atom is 0.279 e. The molecule has 0 unspecified atom stereocenters. The van der Waals surface area contributed by atoms with Crippen LogP contribution in [-0.2, 0) is 6.54 Å². The first-order chi connectivity index (χ1) is 10.5. The molecule has 1 N–H and O–H groups in total. The summed E-state index contributed by atoms with van der Waals surface area (Å²) >= 11 is 11.8. The number of aromatic nitrogens is 2. The van der Waals surface area contributed by atoms with E-state index in [9.17, 15) is 14.7 Å². The highest BCUT2D eigenvalue weighted by atomic mass is 35.5. The van der Waals surface area contributed by atoms with Crippen molar-refractivity contribution in [3.05, 3.63) is 79.0 Å². The molecule has 0 amide bonds. The summed E-state index contributed by atoms with van der Waals surface area (Å²) in [5.74, 6) is -0.559. The van der Waals surface area contributed by atoms with E-state index >= 15 is 0 Å². The summed E-state index contributed by atoms with van der Waals surface area (Å²) in [6.45, 7) is 0.245. The molecule has 8 heteroatoms. The van der Waals surface area contributed by atoms with Crippen molar-refractivity contribution in [2.24, 2.45) is 0 Å².